The first-order valence-electron chi connectivity index (χ1n) is 5.92. The molecule has 3 N–H and O–H groups in total. The van der Waals surface area contributed by atoms with E-state index in [0.29, 0.717) is 10.9 Å². The van der Waals surface area contributed by atoms with Gasteiger partial charge in [0.15, 0.2) is 0 Å². The van der Waals surface area contributed by atoms with Crippen LogP contribution in [-0.4, -0.2) is 4.98 Å². The minimum atomic E-state index is -0.269. The van der Waals surface area contributed by atoms with Crippen LogP contribution in [0.3, 0.4) is 0 Å². The largest absolute Gasteiger partial charge is 0.271 e. The molecule has 3 nitrogen and oxygen atoms in total. The molecule has 0 aliphatic rings. The first kappa shape index (κ1) is 14.1. The number of rotatable bonds is 4. The third-order valence-electron chi connectivity index (χ3n) is 2.92. The van der Waals surface area contributed by atoms with Gasteiger partial charge in [0.25, 0.3) is 0 Å². The molecule has 100 valence electrons. The van der Waals surface area contributed by atoms with E-state index < -0.39 is 0 Å². The van der Waals surface area contributed by atoms with Crippen molar-refractivity contribution in [2.24, 2.45) is 5.84 Å². The Morgan fingerprint density at radius 1 is 1.37 bits per heavy atom. The van der Waals surface area contributed by atoms with E-state index in [4.69, 9.17) is 5.84 Å². The lowest BCUT2D eigenvalue weighted by atomic mass is 10.0. The summed E-state index contributed by atoms with van der Waals surface area (Å²) in [6.45, 7) is 2.01. The van der Waals surface area contributed by atoms with Gasteiger partial charge < -0.3 is 0 Å². The van der Waals surface area contributed by atoms with E-state index in [1.807, 2.05) is 19.1 Å². The Bertz CT molecular complexity index is 574. The van der Waals surface area contributed by atoms with Gasteiger partial charge >= 0.3 is 0 Å². The lowest BCUT2D eigenvalue weighted by molar-refractivity contribution is 0.537. The highest BCUT2D eigenvalue weighted by Crippen LogP contribution is 2.21. The minimum Gasteiger partial charge on any atom is -0.271 e. The second-order valence-electron chi connectivity index (χ2n) is 4.43. The first-order chi connectivity index (χ1) is 9.10. The monoisotopic (exact) mass is 323 g/mol. The number of nitrogens with two attached hydrogens (primary N) is 1. The third kappa shape index (κ3) is 3.59. The number of aromatic nitrogens is 1. The van der Waals surface area contributed by atoms with Crippen molar-refractivity contribution < 1.29 is 4.39 Å². The second kappa shape index (κ2) is 6.23. The van der Waals surface area contributed by atoms with Gasteiger partial charge in [0.2, 0.25) is 0 Å². The Kier molecular flexibility index (Phi) is 4.63. The molecule has 0 fully saturated rings. The van der Waals surface area contributed by atoms with Gasteiger partial charge in [-0.3, -0.25) is 16.3 Å². The van der Waals surface area contributed by atoms with Crippen molar-refractivity contribution in [2.75, 3.05) is 0 Å². The van der Waals surface area contributed by atoms with Crippen LogP contribution in [0, 0.1) is 12.7 Å². The van der Waals surface area contributed by atoms with Crippen LogP contribution in [0.4, 0.5) is 4.39 Å². The highest BCUT2D eigenvalue weighted by atomic mass is 79.9. The van der Waals surface area contributed by atoms with Crippen LogP contribution >= 0.6 is 15.9 Å². The molecule has 19 heavy (non-hydrogen) atoms. The van der Waals surface area contributed by atoms with E-state index in [2.05, 4.69) is 26.3 Å². The molecule has 1 unspecified atom stereocenters. The molecule has 5 heteroatoms. The summed E-state index contributed by atoms with van der Waals surface area (Å²) >= 11 is 3.18. The van der Waals surface area contributed by atoms with Crippen molar-refractivity contribution in [3.8, 4) is 0 Å². The van der Waals surface area contributed by atoms with Crippen LogP contribution in [0.2, 0.25) is 0 Å². The molecule has 0 aliphatic heterocycles. The number of halogens is 2. The molecule has 1 aromatic carbocycles. The average molecular weight is 324 g/mol. The van der Waals surface area contributed by atoms with Crippen molar-refractivity contribution in [3.05, 3.63) is 63.6 Å². The Hall–Kier alpha value is -1.30. The zero-order valence-electron chi connectivity index (χ0n) is 10.5. The van der Waals surface area contributed by atoms with E-state index in [1.165, 1.54) is 6.07 Å². The summed E-state index contributed by atoms with van der Waals surface area (Å²) in [6, 6.07) is 8.78. The first-order valence-corrected chi connectivity index (χ1v) is 6.72. The number of hydrazine groups is 1. The van der Waals surface area contributed by atoms with Gasteiger partial charge in [-0.05, 0) is 64.7 Å². The normalized spacial score (nSPS) is 12.4. The highest BCUT2D eigenvalue weighted by Gasteiger charge is 2.13. The molecule has 0 amide bonds. The van der Waals surface area contributed by atoms with E-state index in [0.717, 1.165) is 16.8 Å². The van der Waals surface area contributed by atoms with E-state index >= 15 is 0 Å². The molecular weight excluding hydrogens is 309 g/mol. The molecule has 0 saturated heterocycles. The Morgan fingerprint density at radius 3 is 2.79 bits per heavy atom. The topological polar surface area (TPSA) is 50.9 Å². The van der Waals surface area contributed by atoms with E-state index in [1.54, 1.807) is 18.3 Å². The van der Waals surface area contributed by atoms with Crippen LogP contribution < -0.4 is 11.3 Å². The standard InChI is InChI=1S/C14H15BrFN3/c1-9-4-5-18-13(6-9)14(19-17)8-10-2-3-12(16)11(15)7-10/h2-7,14,19H,8,17H2,1H3. The molecule has 2 aromatic rings. The number of hydrogen-bond donors (Lipinski definition) is 2. The average Bonchev–Trinajstić information content (AvgIpc) is 2.40. The molecule has 0 bridgehead atoms. The SMILES string of the molecule is Cc1ccnc(C(Cc2ccc(F)c(Br)c2)NN)c1. The van der Waals surface area contributed by atoms with E-state index in [-0.39, 0.29) is 11.9 Å². The number of hydrogen-bond acceptors (Lipinski definition) is 3. The summed E-state index contributed by atoms with van der Waals surface area (Å²) in [5.41, 5.74) is 5.75. The van der Waals surface area contributed by atoms with Crippen LogP contribution in [0.5, 0.6) is 0 Å². The number of nitrogens with one attached hydrogen (secondary N) is 1. The number of pyridine rings is 1. The van der Waals surface area contributed by atoms with Gasteiger partial charge in [0.1, 0.15) is 5.82 Å². The molecule has 0 saturated carbocycles. The Morgan fingerprint density at radius 2 is 2.16 bits per heavy atom. The van der Waals surface area contributed by atoms with Crippen LogP contribution in [0.15, 0.2) is 41.0 Å². The Balaban J connectivity index is 2.21. The van der Waals surface area contributed by atoms with Gasteiger partial charge in [-0.2, -0.15) is 0 Å². The number of nitrogens with zero attached hydrogens (tertiary/aromatic N) is 1. The molecule has 0 spiro atoms. The maximum absolute atomic E-state index is 13.2. The summed E-state index contributed by atoms with van der Waals surface area (Å²) in [4.78, 5) is 4.32. The lowest BCUT2D eigenvalue weighted by Gasteiger charge is -2.16. The molecule has 0 radical (unpaired) electrons. The summed E-state index contributed by atoms with van der Waals surface area (Å²) in [6.07, 6.45) is 2.40. The van der Waals surface area contributed by atoms with Gasteiger partial charge in [0, 0.05) is 6.20 Å². The summed E-state index contributed by atoms with van der Waals surface area (Å²) < 4.78 is 13.7. The maximum Gasteiger partial charge on any atom is 0.137 e. The maximum atomic E-state index is 13.2. The summed E-state index contributed by atoms with van der Waals surface area (Å²) in [5.74, 6) is 5.33. The van der Waals surface area contributed by atoms with Crippen molar-refractivity contribution >= 4 is 15.9 Å². The molecule has 1 atom stereocenters. The predicted molar refractivity (Wildman–Crippen MR) is 76.8 cm³/mol. The van der Waals surface area contributed by atoms with Crippen molar-refractivity contribution in [2.45, 2.75) is 19.4 Å². The predicted octanol–water partition coefficient (Wildman–Crippen LogP) is 3.04. The fraction of sp³-hybridized carbons (Fsp3) is 0.214. The molecule has 1 heterocycles. The van der Waals surface area contributed by atoms with Crippen molar-refractivity contribution in [1.29, 1.82) is 0 Å². The van der Waals surface area contributed by atoms with E-state index in [9.17, 15) is 4.39 Å². The second-order valence-corrected chi connectivity index (χ2v) is 5.28. The summed E-state index contributed by atoms with van der Waals surface area (Å²) in [5, 5.41) is 0. The van der Waals surface area contributed by atoms with Crippen LogP contribution in [0.25, 0.3) is 0 Å². The van der Waals surface area contributed by atoms with Gasteiger partial charge in [-0.15, -0.1) is 0 Å². The van der Waals surface area contributed by atoms with Crippen LogP contribution in [0.1, 0.15) is 22.9 Å². The lowest BCUT2D eigenvalue weighted by Crippen LogP contribution is -2.30. The van der Waals surface area contributed by atoms with Crippen molar-refractivity contribution in [3.63, 3.8) is 0 Å². The third-order valence-corrected chi connectivity index (χ3v) is 3.53. The summed E-state index contributed by atoms with van der Waals surface area (Å²) in [7, 11) is 0. The molecular formula is C14H15BrFN3. The van der Waals surface area contributed by atoms with Gasteiger partial charge in [-0.25, -0.2) is 4.39 Å². The molecule has 0 aliphatic carbocycles. The molecule has 2 rings (SSSR count). The van der Waals surface area contributed by atoms with Gasteiger partial charge in [-0.1, -0.05) is 6.07 Å². The number of aryl methyl sites for hydroxylation is 1. The quantitative estimate of drug-likeness (QED) is 0.671. The number of benzene rings is 1. The van der Waals surface area contributed by atoms with Crippen LogP contribution in [-0.2, 0) is 6.42 Å². The minimum absolute atomic E-state index is 0.0998. The zero-order chi connectivity index (χ0) is 13.8. The van der Waals surface area contributed by atoms with Gasteiger partial charge in [0.05, 0.1) is 16.2 Å². The highest BCUT2D eigenvalue weighted by molar-refractivity contribution is 9.10. The Labute approximate surface area is 120 Å². The van der Waals surface area contributed by atoms with Crippen molar-refractivity contribution in [1.82, 2.24) is 10.4 Å². The fourth-order valence-electron chi connectivity index (χ4n) is 1.90. The smallest absolute Gasteiger partial charge is 0.137 e. The molecule has 1 aromatic heterocycles. The zero-order valence-corrected chi connectivity index (χ0v) is 12.1. The fourth-order valence-corrected chi connectivity index (χ4v) is 2.33.